The number of anilines is 1. The fraction of sp³-hybridized carbons (Fsp3) is 0.143. The van der Waals surface area contributed by atoms with Gasteiger partial charge in [0.25, 0.3) is 0 Å². The summed E-state index contributed by atoms with van der Waals surface area (Å²) in [6.45, 7) is -0.139. The maximum Gasteiger partial charge on any atom is 0.237 e. The van der Waals surface area contributed by atoms with Gasteiger partial charge in [-0.2, -0.15) is 0 Å². The van der Waals surface area contributed by atoms with Gasteiger partial charge in [-0.05, 0) is 23.3 Å². The van der Waals surface area contributed by atoms with Gasteiger partial charge in [0.2, 0.25) is 10.0 Å². The third kappa shape index (κ3) is 3.99. The second-order valence-corrected chi connectivity index (χ2v) is 6.16. The van der Waals surface area contributed by atoms with Crippen LogP contribution in [0.5, 0.6) is 0 Å². The first-order chi connectivity index (χ1) is 9.91. The summed E-state index contributed by atoms with van der Waals surface area (Å²) in [6, 6.07) is 9.54. The molecule has 0 atom stereocenters. The quantitative estimate of drug-likeness (QED) is 0.891. The zero-order valence-corrected chi connectivity index (χ0v) is 11.7. The molecule has 0 heterocycles. The number of hydrogen-bond acceptors (Lipinski definition) is 3. The lowest BCUT2D eigenvalue weighted by atomic mass is 10.2. The van der Waals surface area contributed by atoms with Crippen LogP contribution in [0.4, 0.5) is 14.5 Å². The van der Waals surface area contributed by atoms with E-state index in [9.17, 15) is 17.2 Å². The highest BCUT2D eigenvalue weighted by atomic mass is 32.2. The maximum atomic E-state index is 13.4. The molecule has 0 amide bonds. The number of hydrogen-bond donors (Lipinski definition) is 2. The van der Waals surface area contributed by atoms with Crippen LogP contribution in [0.2, 0.25) is 0 Å². The molecule has 0 aliphatic carbocycles. The third-order valence-electron chi connectivity index (χ3n) is 2.78. The Morgan fingerprint density at radius 1 is 1.00 bits per heavy atom. The van der Waals surface area contributed by atoms with Crippen molar-refractivity contribution in [1.29, 1.82) is 0 Å². The molecule has 0 aromatic heterocycles. The van der Waals surface area contributed by atoms with E-state index in [-0.39, 0.29) is 12.4 Å². The number of aliphatic hydroxyl groups excluding tert-OH is 1. The minimum atomic E-state index is -3.87. The summed E-state index contributed by atoms with van der Waals surface area (Å²) >= 11 is 0. The number of nitrogens with one attached hydrogen (secondary N) is 1. The minimum absolute atomic E-state index is 0.139. The first-order valence-corrected chi connectivity index (χ1v) is 7.70. The Balaban J connectivity index is 2.16. The van der Waals surface area contributed by atoms with Crippen LogP contribution >= 0.6 is 0 Å². The van der Waals surface area contributed by atoms with Crippen molar-refractivity contribution in [1.82, 2.24) is 0 Å². The molecule has 0 saturated heterocycles. The van der Waals surface area contributed by atoms with Crippen LogP contribution in [0.1, 0.15) is 11.1 Å². The molecule has 0 saturated carbocycles. The van der Waals surface area contributed by atoms with E-state index in [1.807, 2.05) is 4.72 Å². The largest absolute Gasteiger partial charge is 0.392 e. The Labute approximate surface area is 121 Å². The lowest BCUT2D eigenvalue weighted by molar-refractivity contribution is 0.282. The van der Waals surface area contributed by atoms with E-state index in [0.29, 0.717) is 11.1 Å². The van der Waals surface area contributed by atoms with Crippen molar-refractivity contribution in [3.8, 4) is 0 Å². The van der Waals surface area contributed by atoms with Crippen LogP contribution in [-0.4, -0.2) is 13.5 Å². The summed E-state index contributed by atoms with van der Waals surface area (Å²) in [6.07, 6.45) is 0. The van der Waals surface area contributed by atoms with Crippen LogP contribution in [0, 0.1) is 11.6 Å². The highest BCUT2D eigenvalue weighted by Crippen LogP contribution is 2.19. The Bertz CT molecular complexity index is 730. The van der Waals surface area contributed by atoms with Crippen molar-refractivity contribution >= 4 is 15.7 Å². The SMILES string of the molecule is O=S(=O)(Cc1ccc(CO)cc1)Nc1cccc(F)c1F. The van der Waals surface area contributed by atoms with Crippen LogP contribution < -0.4 is 4.72 Å². The smallest absolute Gasteiger partial charge is 0.237 e. The van der Waals surface area contributed by atoms with Gasteiger partial charge >= 0.3 is 0 Å². The van der Waals surface area contributed by atoms with E-state index in [1.165, 1.54) is 6.07 Å². The van der Waals surface area contributed by atoms with Crippen molar-refractivity contribution < 1.29 is 22.3 Å². The fourth-order valence-corrected chi connectivity index (χ4v) is 2.94. The molecule has 2 N–H and O–H groups in total. The van der Waals surface area contributed by atoms with Crippen molar-refractivity contribution in [3.05, 3.63) is 65.2 Å². The lowest BCUT2D eigenvalue weighted by Crippen LogP contribution is -2.16. The average Bonchev–Trinajstić information content (AvgIpc) is 2.44. The lowest BCUT2D eigenvalue weighted by Gasteiger charge is -2.09. The van der Waals surface area contributed by atoms with Crippen molar-refractivity contribution in [3.63, 3.8) is 0 Å². The molecule has 0 aliphatic rings. The van der Waals surface area contributed by atoms with Gasteiger partial charge in [-0.15, -0.1) is 0 Å². The van der Waals surface area contributed by atoms with Crippen LogP contribution in [-0.2, 0) is 22.4 Å². The molecular formula is C14H13F2NO3S. The average molecular weight is 313 g/mol. The van der Waals surface area contributed by atoms with Crippen molar-refractivity contribution in [2.24, 2.45) is 0 Å². The van der Waals surface area contributed by atoms with Crippen LogP contribution in [0.3, 0.4) is 0 Å². The second kappa shape index (κ2) is 6.19. The number of benzene rings is 2. The molecule has 0 unspecified atom stereocenters. The molecule has 0 radical (unpaired) electrons. The van der Waals surface area contributed by atoms with E-state index in [4.69, 9.17) is 5.11 Å². The normalized spacial score (nSPS) is 11.4. The first kappa shape index (κ1) is 15.4. The Morgan fingerprint density at radius 2 is 1.62 bits per heavy atom. The van der Waals surface area contributed by atoms with E-state index in [1.54, 1.807) is 24.3 Å². The monoisotopic (exact) mass is 313 g/mol. The Hall–Kier alpha value is -1.99. The summed E-state index contributed by atoms with van der Waals surface area (Å²) in [5, 5.41) is 8.90. The van der Waals surface area contributed by atoms with Crippen molar-refractivity contribution in [2.75, 3.05) is 4.72 Å². The van der Waals surface area contributed by atoms with E-state index < -0.39 is 27.3 Å². The number of halogens is 2. The van der Waals surface area contributed by atoms with E-state index in [2.05, 4.69) is 0 Å². The zero-order chi connectivity index (χ0) is 15.5. The molecule has 0 fully saturated rings. The zero-order valence-electron chi connectivity index (χ0n) is 10.9. The summed E-state index contributed by atoms with van der Waals surface area (Å²) in [7, 11) is -3.87. The van der Waals surface area contributed by atoms with Gasteiger partial charge in [-0.3, -0.25) is 4.72 Å². The Kier molecular flexibility index (Phi) is 4.54. The summed E-state index contributed by atoms with van der Waals surface area (Å²) < 4.78 is 52.4. The molecule has 21 heavy (non-hydrogen) atoms. The van der Waals surface area contributed by atoms with Gasteiger partial charge < -0.3 is 5.11 Å². The van der Waals surface area contributed by atoms with Crippen molar-refractivity contribution in [2.45, 2.75) is 12.4 Å². The highest BCUT2D eigenvalue weighted by molar-refractivity contribution is 7.91. The topological polar surface area (TPSA) is 66.4 Å². The molecule has 2 rings (SSSR count). The number of aliphatic hydroxyl groups is 1. The second-order valence-electron chi connectivity index (χ2n) is 4.44. The highest BCUT2D eigenvalue weighted by Gasteiger charge is 2.16. The summed E-state index contributed by atoms with van der Waals surface area (Å²) in [5.41, 5.74) is 0.693. The van der Waals surface area contributed by atoms with E-state index >= 15 is 0 Å². The number of rotatable bonds is 5. The maximum absolute atomic E-state index is 13.4. The molecule has 112 valence electrons. The number of sulfonamides is 1. The van der Waals surface area contributed by atoms with Gasteiger partial charge in [-0.1, -0.05) is 30.3 Å². The predicted octanol–water partition coefficient (Wildman–Crippen LogP) is 2.40. The molecule has 0 aliphatic heterocycles. The minimum Gasteiger partial charge on any atom is -0.392 e. The third-order valence-corrected chi connectivity index (χ3v) is 4.02. The molecule has 7 heteroatoms. The first-order valence-electron chi connectivity index (χ1n) is 6.04. The fourth-order valence-electron chi connectivity index (χ4n) is 1.75. The summed E-state index contributed by atoms with van der Waals surface area (Å²) in [4.78, 5) is 0. The molecule has 2 aromatic carbocycles. The van der Waals surface area contributed by atoms with Gasteiger partial charge in [0.05, 0.1) is 18.0 Å². The molecule has 0 bridgehead atoms. The van der Waals surface area contributed by atoms with Crippen LogP contribution in [0.15, 0.2) is 42.5 Å². The van der Waals surface area contributed by atoms with E-state index in [0.717, 1.165) is 12.1 Å². The molecular weight excluding hydrogens is 300 g/mol. The van der Waals surface area contributed by atoms with Crippen LogP contribution in [0.25, 0.3) is 0 Å². The van der Waals surface area contributed by atoms with Gasteiger partial charge in [0, 0.05) is 0 Å². The molecule has 0 spiro atoms. The Morgan fingerprint density at radius 3 is 2.24 bits per heavy atom. The van der Waals surface area contributed by atoms with Gasteiger partial charge in [0.15, 0.2) is 11.6 Å². The van der Waals surface area contributed by atoms with Gasteiger partial charge in [-0.25, -0.2) is 17.2 Å². The molecule has 4 nitrogen and oxygen atoms in total. The predicted molar refractivity (Wildman–Crippen MR) is 75.0 cm³/mol. The summed E-state index contributed by atoms with van der Waals surface area (Å²) in [5.74, 6) is -2.74. The molecule has 2 aromatic rings. The van der Waals surface area contributed by atoms with Gasteiger partial charge in [0.1, 0.15) is 0 Å². The standard InChI is InChI=1S/C14H13F2NO3S/c15-12-2-1-3-13(14(12)16)17-21(19,20)9-11-6-4-10(8-18)5-7-11/h1-7,17-18H,8-9H2.